The van der Waals surface area contributed by atoms with E-state index >= 15 is 0 Å². The van der Waals surface area contributed by atoms with Crippen molar-refractivity contribution in [2.75, 3.05) is 0 Å². The number of ketones is 1. The third-order valence-corrected chi connectivity index (χ3v) is 4.37. The lowest BCUT2D eigenvalue weighted by Gasteiger charge is -2.26. The number of hydrogen-bond acceptors (Lipinski definition) is 1. The van der Waals surface area contributed by atoms with Gasteiger partial charge in [-0.25, -0.2) is 0 Å². The summed E-state index contributed by atoms with van der Waals surface area (Å²) in [6, 6.07) is 29.7. The van der Waals surface area contributed by atoms with Crippen LogP contribution < -0.4 is 0 Å². The van der Waals surface area contributed by atoms with E-state index in [4.69, 9.17) is 0 Å². The molecule has 0 aliphatic rings. The standard InChI is InChI=1S/C24H20O/c1-20(25)24(23-15-9-4-10-16-23,19-22-13-7-3-8-14-22)18-17-21-11-5-2-6-12-21/h2-16H,19H2,1H3. The smallest absolute Gasteiger partial charge is 0.152 e. The molecule has 0 aliphatic carbocycles. The lowest BCUT2D eigenvalue weighted by atomic mass is 9.73. The number of hydrogen-bond donors (Lipinski definition) is 0. The van der Waals surface area contributed by atoms with Crippen LogP contribution in [0.3, 0.4) is 0 Å². The number of carbonyl (C=O) groups excluding carboxylic acids is 1. The minimum atomic E-state index is -0.849. The van der Waals surface area contributed by atoms with Crippen molar-refractivity contribution >= 4 is 5.78 Å². The van der Waals surface area contributed by atoms with E-state index in [9.17, 15) is 4.79 Å². The first-order valence-electron chi connectivity index (χ1n) is 8.39. The average molecular weight is 324 g/mol. The molecule has 1 nitrogen and oxygen atoms in total. The molecule has 0 bridgehead atoms. The van der Waals surface area contributed by atoms with Crippen LogP contribution in [0.1, 0.15) is 23.6 Å². The van der Waals surface area contributed by atoms with Gasteiger partial charge < -0.3 is 0 Å². The summed E-state index contributed by atoms with van der Waals surface area (Å²) in [5, 5.41) is 0. The zero-order valence-corrected chi connectivity index (χ0v) is 14.3. The Kier molecular flexibility index (Phi) is 5.11. The second-order valence-corrected chi connectivity index (χ2v) is 6.11. The quantitative estimate of drug-likeness (QED) is 0.630. The SMILES string of the molecule is CC(=O)C(C#Cc1ccccc1)(Cc1ccccc1)c1ccccc1. The molecule has 3 rings (SSSR count). The molecule has 1 unspecified atom stereocenters. The van der Waals surface area contributed by atoms with Crippen molar-refractivity contribution < 1.29 is 4.79 Å². The summed E-state index contributed by atoms with van der Waals surface area (Å²) >= 11 is 0. The van der Waals surface area contributed by atoms with Gasteiger partial charge in [-0.3, -0.25) is 4.79 Å². The maximum absolute atomic E-state index is 12.8. The highest BCUT2D eigenvalue weighted by atomic mass is 16.1. The van der Waals surface area contributed by atoms with Crippen molar-refractivity contribution in [1.29, 1.82) is 0 Å². The summed E-state index contributed by atoms with van der Waals surface area (Å²) in [5.74, 6) is 6.59. The molecule has 25 heavy (non-hydrogen) atoms. The van der Waals surface area contributed by atoms with Crippen LogP contribution in [0.25, 0.3) is 0 Å². The highest BCUT2D eigenvalue weighted by Crippen LogP contribution is 2.29. The molecule has 0 amide bonds. The van der Waals surface area contributed by atoms with Crippen molar-refractivity contribution in [2.45, 2.75) is 18.8 Å². The molecule has 3 aromatic carbocycles. The molecule has 122 valence electrons. The van der Waals surface area contributed by atoms with E-state index in [-0.39, 0.29) is 5.78 Å². The van der Waals surface area contributed by atoms with Gasteiger partial charge in [-0.1, -0.05) is 90.7 Å². The molecule has 0 fully saturated rings. The van der Waals surface area contributed by atoms with Crippen LogP contribution in [-0.2, 0) is 16.6 Å². The normalized spacial score (nSPS) is 12.5. The van der Waals surface area contributed by atoms with Crippen LogP contribution >= 0.6 is 0 Å². The molecule has 0 saturated carbocycles. The second-order valence-electron chi connectivity index (χ2n) is 6.11. The predicted molar refractivity (Wildman–Crippen MR) is 102 cm³/mol. The monoisotopic (exact) mass is 324 g/mol. The summed E-state index contributed by atoms with van der Waals surface area (Å²) in [4.78, 5) is 12.8. The number of Topliss-reactive ketones (excluding diaryl/α,β-unsaturated/α-hetero) is 1. The van der Waals surface area contributed by atoms with Gasteiger partial charge in [-0.2, -0.15) is 0 Å². The Morgan fingerprint density at radius 1 is 0.800 bits per heavy atom. The molecule has 1 heteroatoms. The van der Waals surface area contributed by atoms with E-state index < -0.39 is 5.41 Å². The molecule has 0 N–H and O–H groups in total. The lowest BCUT2D eigenvalue weighted by Crippen LogP contribution is -2.35. The van der Waals surface area contributed by atoms with Gasteiger partial charge in [0.05, 0.1) is 0 Å². The highest BCUT2D eigenvalue weighted by molar-refractivity contribution is 5.92. The Labute approximate surface area is 149 Å². The molecular formula is C24H20O. The van der Waals surface area contributed by atoms with Crippen LogP contribution in [0.5, 0.6) is 0 Å². The molecule has 3 aromatic rings. The Morgan fingerprint density at radius 3 is 1.88 bits per heavy atom. The zero-order chi connectivity index (χ0) is 17.5. The van der Waals surface area contributed by atoms with Crippen LogP contribution in [0, 0.1) is 11.8 Å². The highest BCUT2D eigenvalue weighted by Gasteiger charge is 2.35. The second kappa shape index (κ2) is 7.64. The molecule has 1 atom stereocenters. The van der Waals surface area contributed by atoms with E-state index in [1.807, 2.05) is 91.0 Å². The van der Waals surface area contributed by atoms with Crippen LogP contribution in [0.2, 0.25) is 0 Å². The fraction of sp³-hybridized carbons (Fsp3) is 0.125. The Balaban J connectivity index is 2.12. The van der Waals surface area contributed by atoms with Gasteiger partial charge in [0, 0.05) is 12.0 Å². The first-order chi connectivity index (χ1) is 12.2. The Bertz CT molecular complexity index is 886. The minimum absolute atomic E-state index is 0.0611. The van der Waals surface area contributed by atoms with Crippen molar-refractivity contribution in [2.24, 2.45) is 0 Å². The molecule has 0 aromatic heterocycles. The van der Waals surface area contributed by atoms with Gasteiger partial charge in [0.1, 0.15) is 5.41 Å². The third kappa shape index (κ3) is 3.87. The predicted octanol–water partition coefficient (Wildman–Crippen LogP) is 4.81. The molecule has 0 heterocycles. The van der Waals surface area contributed by atoms with Gasteiger partial charge in [0.25, 0.3) is 0 Å². The fourth-order valence-electron chi connectivity index (χ4n) is 2.96. The summed E-state index contributed by atoms with van der Waals surface area (Å²) in [6.07, 6.45) is 0.563. The van der Waals surface area contributed by atoms with E-state index in [1.54, 1.807) is 6.92 Å². The van der Waals surface area contributed by atoms with Crippen molar-refractivity contribution in [3.63, 3.8) is 0 Å². The van der Waals surface area contributed by atoms with Crippen molar-refractivity contribution in [1.82, 2.24) is 0 Å². The van der Waals surface area contributed by atoms with E-state index in [0.717, 1.165) is 16.7 Å². The summed E-state index contributed by atoms with van der Waals surface area (Å²) in [5.41, 5.74) is 2.11. The van der Waals surface area contributed by atoms with E-state index in [2.05, 4.69) is 11.8 Å². The number of benzene rings is 3. The number of carbonyl (C=O) groups is 1. The Morgan fingerprint density at radius 2 is 1.32 bits per heavy atom. The zero-order valence-electron chi connectivity index (χ0n) is 14.3. The Hall–Kier alpha value is -3.11. The molecule has 0 radical (unpaired) electrons. The third-order valence-electron chi connectivity index (χ3n) is 4.37. The summed E-state index contributed by atoms with van der Waals surface area (Å²) in [6.45, 7) is 1.63. The molecule has 0 spiro atoms. The van der Waals surface area contributed by atoms with Crippen molar-refractivity contribution in [3.05, 3.63) is 108 Å². The van der Waals surface area contributed by atoms with Gasteiger partial charge in [-0.15, -0.1) is 0 Å². The van der Waals surface area contributed by atoms with Gasteiger partial charge in [-0.05, 0) is 30.2 Å². The first-order valence-corrected chi connectivity index (χ1v) is 8.39. The van der Waals surface area contributed by atoms with Crippen molar-refractivity contribution in [3.8, 4) is 11.8 Å². The van der Waals surface area contributed by atoms with Gasteiger partial charge >= 0.3 is 0 Å². The first kappa shape index (κ1) is 16.7. The largest absolute Gasteiger partial charge is 0.298 e. The van der Waals surface area contributed by atoms with Gasteiger partial charge in [0.2, 0.25) is 0 Å². The van der Waals surface area contributed by atoms with E-state index in [0.29, 0.717) is 6.42 Å². The average Bonchev–Trinajstić information content (AvgIpc) is 2.67. The van der Waals surface area contributed by atoms with Crippen LogP contribution in [-0.4, -0.2) is 5.78 Å². The minimum Gasteiger partial charge on any atom is -0.298 e. The molecule has 0 aliphatic heterocycles. The summed E-state index contributed by atoms with van der Waals surface area (Å²) < 4.78 is 0. The fourth-order valence-corrected chi connectivity index (χ4v) is 2.96. The topological polar surface area (TPSA) is 17.1 Å². The summed E-state index contributed by atoms with van der Waals surface area (Å²) in [7, 11) is 0. The number of rotatable bonds is 4. The maximum Gasteiger partial charge on any atom is 0.152 e. The van der Waals surface area contributed by atoms with Crippen LogP contribution in [0.4, 0.5) is 0 Å². The maximum atomic E-state index is 12.8. The lowest BCUT2D eigenvalue weighted by molar-refractivity contribution is -0.120. The molecular weight excluding hydrogens is 304 g/mol. The molecule has 0 saturated heterocycles. The van der Waals surface area contributed by atoms with Gasteiger partial charge in [0.15, 0.2) is 5.78 Å². The van der Waals surface area contributed by atoms with Crippen LogP contribution in [0.15, 0.2) is 91.0 Å². The van der Waals surface area contributed by atoms with E-state index in [1.165, 1.54) is 0 Å².